The molecule has 1 aromatic carbocycles. The molecule has 0 spiro atoms. The lowest BCUT2D eigenvalue weighted by molar-refractivity contribution is -0.124. The normalized spacial score (nSPS) is 11.7. The molecule has 0 aliphatic rings. The molecule has 0 aliphatic carbocycles. The van der Waals surface area contributed by atoms with Gasteiger partial charge in [0.1, 0.15) is 0 Å². The van der Waals surface area contributed by atoms with Crippen LogP contribution in [-0.4, -0.2) is 24.9 Å². The van der Waals surface area contributed by atoms with Crippen molar-refractivity contribution >= 4 is 17.5 Å². The Kier molecular flexibility index (Phi) is 6.02. The fourth-order valence-electron chi connectivity index (χ4n) is 1.57. The van der Waals surface area contributed by atoms with Crippen LogP contribution in [-0.2, 0) is 16.0 Å². The molecule has 4 N–H and O–H groups in total. The van der Waals surface area contributed by atoms with Crippen molar-refractivity contribution in [3.8, 4) is 0 Å². The Morgan fingerprint density at radius 2 is 1.89 bits per heavy atom. The van der Waals surface area contributed by atoms with Crippen LogP contribution >= 0.6 is 0 Å². The Morgan fingerprint density at radius 1 is 1.26 bits per heavy atom. The summed E-state index contributed by atoms with van der Waals surface area (Å²) in [7, 11) is 0. The first-order valence-electron chi connectivity index (χ1n) is 6.37. The second kappa shape index (κ2) is 7.53. The average Bonchev–Trinajstić information content (AvgIpc) is 2.39. The van der Waals surface area contributed by atoms with Crippen LogP contribution in [0.3, 0.4) is 0 Å². The number of nitrogens with two attached hydrogens (primary N) is 1. The highest BCUT2D eigenvalue weighted by Crippen LogP contribution is 2.09. The molecule has 1 aromatic rings. The smallest absolute Gasteiger partial charge is 0.224 e. The van der Waals surface area contributed by atoms with Gasteiger partial charge in [0.2, 0.25) is 11.8 Å². The van der Waals surface area contributed by atoms with Gasteiger partial charge in [-0.1, -0.05) is 19.1 Å². The lowest BCUT2D eigenvalue weighted by Crippen LogP contribution is -2.34. The Hall–Kier alpha value is -1.88. The summed E-state index contributed by atoms with van der Waals surface area (Å²) in [6.45, 7) is 4.22. The molecule has 0 heterocycles. The maximum Gasteiger partial charge on any atom is 0.224 e. The fourth-order valence-corrected chi connectivity index (χ4v) is 1.57. The number of benzene rings is 1. The Balaban J connectivity index is 2.38. The summed E-state index contributed by atoms with van der Waals surface area (Å²) in [6.07, 6.45) is 0.753. The van der Waals surface area contributed by atoms with Crippen LogP contribution in [0.2, 0.25) is 0 Å². The van der Waals surface area contributed by atoms with E-state index in [1.807, 2.05) is 24.3 Å². The van der Waals surface area contributed by atoms with E-state index in [4.69, 9.17) is 5.73 Å². The van der Waals surface area contributed by atoms with Gasteiger partial charge in [-0.2, -0.15) is 0 Å². The van der Waals surface area contributed by atoms with Crippen molar-refractivity contribution < 1.29 is 9.59 Å². The quantitative estimate of drug-likeness (QED) is 0.713. The van der Waals surface area contributed by atoms with Crippen molar-refractivity contribution in [3.05, 3.63) is 29.8 Å². The molecule has 0 bridgehead atoms. The number of anilines is 1. The SMILES string of the molecule is CC(=O)Nc1ccc(CCNC(=O)C(C)CN)cc1. The summed E-state index contributed by atoms with van der Waals surface area (Å²) in [4.78, 5) is 22.4. The van der Waals surface area contributed by atoms with Gasteiger partial charge < -0.3 is 16.4 Å². The molecule has 5 heteroatoms. The molecule has 0 saturated carbocycles. The summed E-state index contributed by atoms with van der Waals surface area (Å²) >= 11 is 0. The third-order valence-corrected chi connectivity index (χ3v) is 2.79. The molecule has 0 fully saturated rings. The van der Waals surface area contributed by atoms with E-state index in [0.717, 1.165) is 17.7 Å². The molecule has 0 aromatic heterocycles. The van der Waals surface area contributed by atoms with Crippen LogP contribution in [0, 0.1) is 5.92 Å². The lowest BCUT2D eigenvalue weighted by Gasteiger charge is -2.10. The summed E-state index contributed by atoms with van der Waals surface area (Å²) < 4.78 is 0. The second-order valence-corrected chi connectivity index (χ2v) is 4.56. The summed E-state index contributed by atoms with van der Waals surface area (Å²) in [5.74, 6) is -0.254. The maximum atomic E-state index is 11.5. The first kappa shape index (κ1) is 15.2. The third-order valence-electron chi connectivity index (χ3n) is 2.79. The minimum absolute atomic E-state index is 0.0163. The van der Waals surface area contributed by atoms with Crippen molar-refractivity contribution in [1.82, 2.24) is 5.32 Å². The van der Waals surface area contributed by atoms with E-state index in [-0.39, 0.29) is 17.7 Å². The number of carbonyl (C=O) groups is 2. The predicted octanol–water partition coefficient (Wildman–Crippen LogP) is 0.899. The lowest BCUT2D eigenvalue weighted by atomic mass is 10.1. The Labute approximate surface area is 113 Å². The van der Waals surface area contributed by atoms with E-state index < -0.39 is 0 Å². The van der Waals surface area contributed by atoms with Gasteiger partial charge in [-0.25, -0.2) is 0 Å². The summed E-state index contributed by atoms with van der Waals surface area (Å²) in [6, 6.07) is 7.57. The topological polar surface area (TPSA) is 84.2 Å². The molecule has 1 unspecified atom stereocenters. The maximum absolute atomic E-state index is 11.5. The highest BCUT2D eigenvalue weighted by atomic mass is 16.2. The van der Waals surface area contributed by atoms with Crippen LogP contribution in [0.1, 0.15) is 19.4 Å². The van der Waals surface area contributed by atoms with Gasteiger partial charge in [-0.05, 0) is 24.1 Å². The number of nitrogens with one attached hydrogen (secondary N) is 2. The van der Waals surface area contributed by atoms with Crippen LogP contribution < -0.4 is 16.4 Å². The van der Waals surface area contributed by atoms with Crippen LogP contribution in [0.25, 0.3) is 0 Å². The fraction of sp³-hybridized carbons (Fsp3) is 0.429. The van der Waals surface area contributed by atoms with Crippen molar-refractivity contribution in [3.63, 3.8) is 0 Å². The summed E-state index contributed by atoms with van der Waals surface area (Å²) in [5, 5.41) is 5.55. The number of carbonyl (C=O) groups excluding carboxylic acids is 2. The minimum Gasteiger partial charge on any atom is -0.355 e. The highest BCUT2D eigenvalue weighted by Gasteiger charge is 2.09. The van der Waals surface area contributed by atoms with E-state index in [9.17, 15) is 9.59 Å². The molecular weight excluding hydrogens is 242 g/mol. The van der Waals surface area contributed by atoms with E-state index in [1.165, 1.54) is 6.92 Å². The van der Waals surface area contributed by atoms with E-state index in [2.05, 4.69) is 10.6 Å². The number of hydrogen-bond acceptors (Lipinski definition) is 3. The number of amides is 2. The molecule has 0 radical (unpaired) electrons. The van der Waals surface area contributed by atoms with Crippen LogP contribution in [0.5, 0.6) is 0 Å². The second-order valence-electron chi connectivity index (χ2n) is 4.56. The molecule has 104 valence electrons. The van der Waals surface area contributed by atoms with Gasteiger partial charge in [-0.15, -0.1) is 0 Å². The number of hydrogen-bond donors (Lipinski definition) is 3. The van der Waals surface area contributed by atoms with Crippen molar-refractivity contribution in [2.24, 2.45) is 11.7 Å². The molecule has 2 amide bonds. The third kappa shape index (κ3) is 5.52. The minimum atomic E-state index is -0.151. The van der Waals surface area contributed by atoms with Crippen LogP contribution in [0.15, 0.2) is 24.3 Å². The van der Waals surface area contributed by atoms with Gasteiger partial charge in [0.15, 0.2) is 0 Å². The zero-order valence-corrected chi connectivity index (χ0v) is 11.4. The predicted molar refractivity (Wildman–Crippen MR) is 75.7 cm³/mol. The molecule has 0 aliphatic heterocycles. The van der Waals surface area contributed by atoms with Gasteiger partial charge in [0, 0.05) is 31.6 Å². The molecule has 5 nitrogen and oxygen atoms in total. The molecule has 19 heavy (non-hydrogen) atoms. The number of rotatable bonds is 6. The van der Waals surface area contributed by atoms with Crippen molar-refractivity contribution in [2.45, 2.75) is 20.3 Å². The van der Waals surface area contributed by atoms with E-state index >= 15 is 0 Å². The van der Waals surface area contributed by atoms with Gasteiger partial charge in [0.25, 0.3) is 0 Å². The Morgan fingerprint density at radius 3 is 2.42 bits per heavy atom. The Bertz CT molecular complexity index is 429. The van der Waals surface area contributed by atoms with Gasteiger partial charge in [-0.3, -0.25) is 9.59 Å². The average molecular weight is 263 g/mol. The van der Waals surface area contributed by atoms with Crippen LogP contribution in [0.4, 0.5) is 5.69 Å². The molecule has 0 saturated heterocycles. The standard InChI is InChI=1S/C14H21N3O2/c1-10(9-15)14(19)16-8-7-12-3-5-13(6-4-12)17-11(2)18/h3-6,10H,7-9,15H2,1-2H3,(H,16,19)(H,17,18). The van der Waals surface area contributed by atoms with E-state index in [1.54, 1.807) is 6.92 Å². The first-order chi connectivity index (χ1) is 9.02. The molecule has 1 rings (SSSR count). The monoisotopic (exact) mass is 263 g/mol. The first-order valence-corrected chi connectivity index (χ1v) is 6.37. The van der Waals surface area contributed by atoms with Crippen molar-refractivity contribution in [2.75, 3.05) is 18.4 Å². The van der Waals surface area contributed by atoms with Gasteiger partial charge >= 0.3 is 0 Å². The van der Waals surface area contributed by atoms with Crippen molar-refractivity contribution in [1.29, 1.82) is 0 Å². The molecular formula is C14H21N3O2. The largest absolute Gasteiger partial charge is 0.355 e. The summed E-state index contributed by atoms with van der Waals surface area (Å²) in [5.41, 5.74) is 7.30. The zero-order chi connectivity index (χ0) is 14.3. The van der Waals surface area contributed by atoms with E-state index in [0.29, 0.717) is 13.1 Å². The molecule has 1 atom stereocenters. The van der Waals surface area contributed by atoms with Gasteiger partial charge in [0.05, 0.1) is 0 Å². The zero-order valence-electron chi connectivity index (χ0n) is 11.4. The highest BCUT2D eigenvalue weighted by molar-refractivity contribution is 5.88.